The van der Waals surface area contributed by atoms with Crippen LogP contribution in [-0.4, -0.2) is 28.6 Å². The number of urea groups is 1. The minimum absolute atomic E-state index is 0.0446. The highest BCUT2D eigenvalue weighted by molar-refractivity contribution is 5.88. The zero-order chi connectivity index (χ0) is 12.7. The van der Waals surface area contributed by atoms with E-state index in [1.54, 1.807) is 12.3 Å². The van der Waals surface area contributed by atoms with Crippen molar-refractivity contribution in [2.75, 3.05) is 11.9 Å². The van der Waals surface area contributed by atoms with Crippen LogP contribution in [0.1, 0.15) is 18.4 Å². The number of aryl methyl sites for hydroxylation is 1. The number of anilines is 1. The molecule has 0 bridgehead atoms. The van der Waals surface area contributed by atoms with Crippen molar-refractivity contribution in [3.05, 3.63) is 23.9 Å². The van der Waals surface area contributed by atoms with Gasteiger partial charge in [-0.05, 0) is 31.0 Å². The molecular formula is C11H15N3O3. The van der Waals surface area contributed by atoms with Gasteiger partial charge in [-0.25, -0.2) is 9.78 Å². The Hall–Kier alpha value is -2.11. The number of carboxylic acid groups (broad SMARTS) is 1. The van der Waals surface area contributed by atoms with Gasteiger partial charge in [0, 0.05) is 19.2 Å². The fourth-order valence-corrected chi connectivity index (χ4v) is 1.21. The topological polar surface area (TPSA) is 91.3 Å². The number of amides is 2. The number of carbonyl (C=O) groups is 2. The number of aliphatic carboxylic acids is 1. The van der Waals surface area contributed by atoms with Gasteiger partial charge in [0.25, 0.3) is 0 Å². The molecule has 6 heteroatoms. The van der Waals surface area contributed by atoms with Crippen molar-refractivity contribution in [1.82, 2.24) is 10.3 Å². The molecule has 0 fully saturated rings. The lowest BCUT2D eigenvalue weighted by Crippen LogP contribution is -2.30. The molecule has 92 valence electrons. The Morgan fingerprint density at radius 1 is 1.47 bits per heavy atom. The summed E-state index contributed by atoms with van der Waals surface area (Å²) >= 11 is 0. The van der Waals surface area contributed by atoms with Crippen LogP contribution in [0.5, 0.6) is 0 Å². The third-order valence-electron chi connectivity index (χ3n) is 2.01. The molecule has 1 rings (SSSR count). The summed E-state index contributed by atoms with van der Waals surface area (Å²) < 4.78 is 0. The molecule has 2 amide bonds. The summed E-state index contributed by atoms with van der Waals surface area (Å²) in [7, 11) is 0. The third kappa shape index (κ3) is 5.50. The molecule has 3 N–H and O–H groups in total. The Morgan fingerprint density at radius 3 is 2.88 bits per heavy atom. The average molecular weight is 237 g/mol. The lowest BCUT2D eigenvalue weighted by atomic mass is 10.3. The van der Waals surface area contributed by atoms with Crippen molar-refractivity contribution in [3.63, 3.8) is 0 Å². The standard InChI is InChI=1S/C11H15N3O3/c1-8-4-6-12-9(7-8)14-11(17)13-5-2-3-10(15)16/h4,6-7H,2-3,5H2,1H3,(H,15,16)(H2,12,13,14,17). The molecule has 17 heavy (non-hydrogen) atoms. The Morgan fingerprint density at radius 2 is 2.24 bits per heavy atom. The molecular weight excluding hydrogens is 222 g/mol. The second kappa shape index (κ2) is 6.47. The zero-order valence-corrected chi connectivity index (χ0v) is 9.56. The van der Waals surface area contributed by atoms with Gasteiger partial charge in [-0.2, -0.15) is 0 Å². The molecule has 0 aliphatic rings. The highest BCUT2D eigenvalue weighted by atomic mass is 16.4. The van der Waals surface area contributed by atoms with E-state index in [9.17, 15) is 9.59 Å². The largest absolute Gasteiger partial charge is 0.481 e. The van der Waals surface area contributed by atoms with Crippen molar-refractivity contribution in [2.45, 2.75) is 19.8 Å². The molecule has 0 aliphatic carbocycles. The number of nitrogens with zero attached hydrogens (tertiary/aromatic N) is 1. The smallest absolute Gasteiger partial charge is 0.320 e. The van der Waals surface area contributed by atoms with Gasteiger partial charge >= 0.3 is 12.0 Å². The Labute approximate surface area is 99.1 Å². The maximum atomic E-state index is 11.4. The fourth-order valence-electron chi connectivity index (χ4n) is 1.21. The highest BCUT2D eigenvalue weighted by Crippen LogP contribution is 2.04. The summed E-state index contributed by atoms with van der Waals surface area (Å²) in [4.78, 5) is 25.6. The molecule has 0 spiro atoms. The fraction of sp³-hybridized carbons (Fsp3) is 0.364. The Bertz CT molecular complexity index is 407. The van der Waals surface area contributed by atoms with Gasteiger partial charge < -0.3 is 10.4 Å². The van der Waals surface area contributed by atoms with Gasteiger partial charge in [0.15, 0.2) is 0 Å². The summed E-state index contributed by atoms with van der Waals surface area (Å²) in [6.07, 6.45) is 2.06. The summed E-state index contributed by atoms with van der Waals surface area (Å²) in [5, 5.41) is 13.5. The van der Waals surface area contributed by atoms with Crippen LogP contribution in [0.15, 0.2) is 18.3 Å². The quantitative estimate of drug-likeness (QED) is 0.674. The van der Waals surface area contributed by atoms with Gasteiger partial charge in [-0.15, -0.1) is 0 Å². The molecule has 0 saturated heterocycles. The minimum Gasteiger partial charge on any atom is -0.481 e. The van der Waals surface area contributed by atoms with Gasteiger partial charge in [0.2, 0.25) is 0 Å². The maximum Gasteiger partial charge on any atom is 0.320 e. The molecule has 1 aromatic rings. The second-order valence-corrected chi connectivity index (χ2v) is 3.60. The molecule has 0 aliphatic heterocycles. The van der Waals surface area contributed by atoms with E-state index in [2.05, 4.69) is 15.6 Å². The molecule has 0 aromatic carbocycles. The van der Waals surface area contributed by atoms with E-state index >= 15 is 0 Å². The van der Waals surface area contributed by atoms with Gasteiger partial charge in [0.1, 0.15) is 5.82 Å². The number of hydrogen-bond donors (Lipinski definition) is 3. The van der Waals surface area contributed by atoms with E-state index in [4.69, 9.17) is 5.11 Å². The summed E-state index contributed by atoms with van der Waals surface area (Å²) in [5.41, 5.74) is 1.00. The van der Waals surface area contributed by atoms with E-state index < -0.39 is 5.97 Å². The molecule has 1 aromatic heterocycles. The van der Waals surface area contributed by atoms with Crippen molar-refractivity contribution >= 4 is 17.8 Å². The molecule has 6 nitrogen and oxygen atoms in total. The van der Waals surface area contributed by atoms with E-state index in [1.807, 2.05) is 13.0 Å². The van der Waals surface area contributed by atoms with Crippen LogP contribution >= 0.6 is 0 Å². The summed E-state index contributed by atoms with van der Waals surface area (Å²) in [6, 6.07) is 3.20. The SMILES string of the molecule is Cc1ccnc(NC(=O)NCCCC(=O)O)c1. The van der Waals surface area contributed by atoms with Crippen LogP contribution < -0.4 is 10.6 Å². The number of pyridine rings is 1. The monoisotopic (exact) mass is 237 g/mol. The first-order valence-electron chi connectivity index (χ1n) is 5.27. The van der Waals surface area contributed by atoms with Crippen LogP contribution in [0.25, 0.3) is 0 Å². The van der Waals surface area contributed by atoms with Gasteiger partial charge in [0.05, 0.1) is 0 Å². The van der Waals surface area contributed by atoms with Crippen LogP contribution in [0.3, 0.4) is 0 Å². The predicted molar refractivity (Wildman–Crippen MR) is 62.9 cm³/mol. The minimum atomic E-state index is -0.868. The van der Waals surface area contributed by atoms with Crippen molar-refractivity contribution in [2.24, 2.45) is 0 Å². The van der Waals surface area contributed by atoms with E-state index in [1.165, 1.54) is 0 Å². The van der Waals surface area contributed by atoms with Crippen LogP contribution in [-0.2, 0) is 4.79 Å². The van der Waals surface area contributed by atoms with E-state index in [0.29, 0.717) is 18.8 Å². The van der Waals surface area contributed by atoms with Crippen molar-refractivity contribution < 1.29 is 14.7 Å². The number of carboxylic acids is 1. The molecule has 0 atom stereocenters. The first-order chi connectivity index (χ1) is 8.08. The molecule has 0 saturated carbocycles. The summed E-state index contributed by atoms with van der Waals surface area (Å²) in [6.45, 7) is 2.22. The molecule has 0 unspecified atom stereocenters. The van der Waals surface area contributed by atoms with Crippen molar-refractivity contribution in [3.8, 4) is 0 Å². The van der Waals surface area contributed by atoms with E-state index in [0.717, 1.165) is 5.56 Å². The normalized spacial score (nSPS) is 9.71. The highest BCUT2D eigenvalue weighted by Gasteiger charge is 2.02. The number of aromatic nitrogens is 1. The number of rotatable bonds is 5. The molecule has 0 radical (unpaired) electrons. The Kier molecular flexibility index (Phi) is 4.93. The van der Waals surface area contributed by atoms with E-state index in [-0.39, 0.29) is 12.5 Å². The second-order valence-electron chi connectivity index (χ2n) is 3.60. The van der Waals surface area contributed by atoms with Crippen LogP contribution in [0, 0.1) is 6.92 Å². The summed E-state index contributed by atoms with van der Waals surface area (Å²) in [5.74, 6) is -0.395. The maximum absolute atomic E-state index is 11.4. The molecule has 1 heterocycles. The van der Waals surface area contributed by atoms with Gasteiger partial charge in [-0.3, -0.25) is 10.1 Å². The first-order valence-corrected chi connectivity index (χ1v) is 5.27. The lowest BCUT2D eigenvalue weighted by Gasteiger charge is -2.06. The first kappa shape index (κ1) is 13.0. The van der Waals surface area contributed by atoms with Crippen LogP contribution in [0.2, 0.25) is 0 Å². The number of nitrogens with one attached hydrogen (secondary N) is 2. The number of carbonyl (C=O) groups excluding carboxylic acids is 1. The number of hydrogen-bond acceptors (Lipinski definition) is 3. The zero-order valence-electron chi connectivity index (χ0n) is 9.56. The Balaban J connectivity index is 2.27. The van der Waals surface area contributed by atoms with Crippen LogP contribution in [0.4, 0.5) is 10.6 Å². The average Bonchev–Trinajstić information content (AvgIpc) is 2.24. The van der Waals surface area contributed by atoms with Crippen molar-refractivity contribution in [1.29, 1.82) is 0 Å². The van der Waals surface area contributed by atoms with Gasteiger partial charge in [-0.1, -0.05) is 0 Å². The third-order valence-corrected chi connectivity index (χ3v) is 2.01. The predicted octanol–water partition coefficient (Wildman–Crippen LogP) is 1.38. The lowest BCUT2D eigenvalue weighted by molar-refractivity contribution is -0.137.